The van der Waals surface area contributed by atoms with Crippen LogP contribution in [0.5, 0.6) is 0 Å². The SMILES string of the molecule is CCC(C)N(CC)c1ccc(CO)c(Br)c1. The third-order valence-electron chi connectivity index (χ3n) is 3.00. The molecule has 0 aromatic heterocycles. The van der Waals surface area contributed by atoms with Crippen LogP contribution in [0, 0.1) is 0 Å². The predicted octanol–water partition coefficient (Wildman–Crippen LogP) is 3.57. The van der Waals surface area contributed by atoms with Crippen LogP contribution >= 0.6 is 15.9 Å². The van der Waals surface area contributed by atoms with E-state index in [9.17, 15) is 0 Å². The summed E-state index contributed by atoms with van der Waals surface area (Å²) in [6.07, 6.45) is 1.13. The van der Waals surface area contributed by atoms with E-state index in [0.29, 0.717) is 6.04 Å². The molecular weight excluding hydrogens is 266 g/mol. The van der Waals surface area contributed by atoms with Crippen LogP contribution in [0.25, 0.3) is 0 Å². The normalized spacial score (nSPS) is 12.6. The molecule has 0 aliphatic heterocycles. The quantitative estimate of drug-likeness (QED) is 0.894. The van der Waals surface area contributed by atoms with Crippen LogP contribution in [0.4, 0.5) is 5.69 Å². The average molecular weight is 286 g/mol. The van der Waals surface area contributed by atoms with Crippen LogP contribution in [0.2, 0.25) is 0 Å². The van der Waals surface area contributed by atoms with Crippen LogP contribution in [0.15, 0.2) is 22.7 Å². The number of rotatable bonds is 5. The first kappa shape index (κ1) is 13.5. The van der Waals surface area contributed by atoms with E-state index < -0.39 is 0 Å². The zero-order valence-electron chi connectivity index (χ0n) is 10.2. The van der Waals surface area contributed by atoms with Crippen molar-refractivity contribution in [2.75, 3.05) is 11.4 Å². The minimum absolute atomic E-state index is 0.0797. The molecule has 1 atom stereocenters. The van der Waals surface area contributed by atoms with Gasteiger partial charge in [0.25, 0.3) is 0 Å². The molecule has 16 heavy (non-hydrogen) atoms. The van der Waals surface area contributed by atoms with Crippen LogP contribution < -0.4 is 4.90 Å². The maximum absolute atomic E-state index is 9.12. The molecule has 0 spiro atoms. The van der Waals surface area contributed by atoms with Gasteiger partial charge in [-0.3, -0.25) is 0 Å². The van der Waals surface area contributed by atoms with E-state index in [4.69, 9.17) is 5.11 Å². The fraction of sp³-hybridized carbons (Fsp3) is 0.538. The van der Waals surface area contributed by atoms with Gasteiger partial charge in [-0.1, -0.05) is 28.9 Å². The molecule has 1 aromatic rings. The maximum Gasteiger partial charge on any atom is 0.0692 e. The highest BCUT2D eigenvalue weighted by Crippen LogP contribution is 2.26. The molecule has 0 saturated heterocycles. The lowest BCUT2D eigenvalue weighted by molar-refractivity contribution is 0.281. The molecule has 1 N–H and O–H groups in total. The van der Waals surface area contributed by atoms with Gasteiger partial charge in [-0.05, 0) is 38.0 Å². The molecule has 0 saturated carbocycles. The Morgan fingerprint density at radius 3 is 2.50 bits per heavy atom. The highest BCUT2D eigenvalue weighted by atomic mass is 79.9. The van der Waals surface area contributed by atoms with Crippen LogP contribution in [-0.4, -0.2) is 17.7 Å². The summed E-state index contributed by atoms with van der Waals surface area (Å²) in [5.74, 6) is 0. The summed E-state index contributed by atoms with van der Waals surface area (Å²) in [4.78, 5) is 2.37. The number of aliphatic hydroxyl groups is 1. The second-order valence-electron chi connectivity index (χ2n) is 3.98. The topological polar surface area (TPSA) is 23.5 Å². The Morgan fingerprint density at radius 1 is 1.38 bits per heavy atom. The summed E-state index contributed by atoms with van der Waals surface area (Å²) in [6.45, 7) is 7.68. The van der Waals surface area contributed by atoms with Crippen LogP contribution in [0.3, 0.4) is 0 Å². The summed E-state index contributed by atoms with van der Waals surface area (Å²) < 4.78 is 0.981. The van der Waals surface area contributed by atoms with Gasteiger partial charge in [0.1, 0.15) is 0 Å². The van der Waals surface area contributed by atoms with E-state index in [-0.39, 0.29) is 6.61 Å². The second-order valence-corrected chi connectivity index (χ2v) is 4.83. The van der Waals surface area contributed by atoms with Gasteiger partial charge in [-0.15, -0.1) is 0 Å². The predicted molar refractivity (Wildman–Crippen MR) is 72.8 cm³/mol. The first-order chi connectivity index (χ1) is 7.63. The van der Waals surface area contributed by atoms with E-state index in [1.807, 2.05) is 6.07 Å². The van der Waals surface area contributed by atoms with E-state index in [2.05, 4.69) is 53.7 Å². The Labute approximate surface area is 106 Å². The largest absolute Gasteiger partial charge is 0.392 e. The van der Waals surface area contributed by atoms with Crippen LogP contribution in [-0.2, 0) is 6.61 Å². The molecule has 1 unspecified atom stereocenters. The van der Waals surface area contributed by atoms with Crippen molar-refractivity contribution in [2.24, 2.45) is 0 Å². The Hall–Kier alpha value is -0.540. The van der Waals surface area contributed by atoms with Crippen molar-refractivity contribution in [1.82, 2.24) is 0 Å². The maximum atomic E-state index is 9.12. The average Bonchev–Trinajstić information content (AvgIpc) is 2.30. The van der Waals surface area contributed by atoms with Gasteiger partial charge in [0.2, 0.25) is 0 Å². The van der Waals surface area contributed by atoms with E-state index in [1.165, 1.54) is 5.69 Å². The lowest BCUT2D eigenvalue weighted by Gasteiger charge is -2.29. The third kappa shape index (κ3) is 2.98. The third-order valence-corrected chi connectivity index (χ3v) is 3.74. The Bertz CT molecular complexity index is 341. The van der Waals surface area contributed by atoms with Gasteiger partial charge < -0.3 is 10.0 Å². The number of benzene rings is 1. The van der Waals surface area contributed by atoms with Crippen molar-refractivity contribution < 1.29 is 5.11 Å². The molecule has 0 radical (unpaired) electrons. The molecule has 3 heteroatoms. The number of hydrogen-bond donors (Lipinski definition) is 1. The first-order valence-electron chi connectivity index (χ1n) is 5.79. The lowest BCUT2D eigenvalue weighted by atomic mass is 10.1. The summed E-state index contributed by atoms with van der Waals surface area (Å²) in [7, 11) is 0. The van der Waals surface area contributed by atoms with E-state index in [1.54, 1.807) is 0 Å². The fourth-order valence-electron chi connectivity index (χ4n) is 1.81. The van der Waals surface area contributed by atoms with Crippen molar-refractivity contribution >= 4 is 21.6 Å². The van der Waals surface area contributed by atoms with Gasteiger partial charge in [0.05, 0.1) is 6.61 Å². The molecular formula is C13H20BrNO. The van der Waals surface area contributed by atoms with Crippen molar-refractivity contribution in [3.63, 3.8) is 0 Å². The number of nitrogens with zero attached hydrogens (tertiary/aromatic N) is 1. The zero-order chi connectivity index (χ0) is 12.1. The van der Waals surface area contributed by atoms with Crippen molar-refractivity contribution in [3.05, 3.63) is 28.2 Å². The van der Waals surface area contributed by atoms with Crippen molar-refractivity contribution in [3.8, 4) is 0 Å². The number of anilines is 1. The Morgan fingerprint density at radius 2 is 2.06 bits per heavy atom. The molecule has 0 aliphatic rings. The molecule has 0 amide bonds. The highest BCUT2D eigenvalue weighted by Gasteiger charge is 2.11. The first-order valence-corrected chi connectivity index (χ1v) is 6.59. The van der Waals surface area contributed by atoms with E-state index in [0.717, 1.165) is 23.0 Å². The minimum Gasteiger partial charge on any atom is -0.392 e. The van der Waals surface area contributed by atoms with E-state index >= 15 is 0 Å². The monoisotopic (exact) mass is 285 g/mol. The Kier molecular flexibility index (Phi) is 5.29. The van der Waals surface area contributed by atoms with Gasteiger partial charge in [0, 0.05) is 22.7 Å². The Balaban J connectivity index is 2.98. The van der Waals surface area contributed by atoms with Gasteiger partial charge in [-0.25, -0.2) is 0 Å². The van der Waals surface area contributed by atoms with Gasteiger partial charge >= 0.3 is 0 Å². The minimum atomic E-state index is 0.0797. The van der Waals surface area contributed by atoms with Crippen LogP contribution in [0.1, 0.15) is 32.8 Å². The zero-order valence-corrected chi connectivity index (χ0v) is 11.8. The fourth-order valence-corrected chi connectivity index (χ4v) is 2.30. The number of halogens is 1. The second kappa shape index (κ2) is 6.26. The molecule has 1 rings (SSSR count). The summed E-state index contributed by atoms with van der Waals surface area (Å²) in [6, 6.07) is 6.68. The molecule has 0 heterocycles. The summed E-state index contributed by atoms with van der Waals surface area (Å²) in [5, 5.41) is 9.12. The molecule has 0 bridgehead atoms. The molecule has 2 nitrogen and oxygen atoms in total. The number of hydrogen-bond acceptors (Lipinski definition) is 2. The van der Waals surface area contributed by atoms with Crippen molar-refractivity contribution in [2.45, 2.75) is 39.8 Å². The highest BCUT2D eigenvalue weighted by molar-refractivity contribution is 9.10. The molecule has 0 aliphatic carbocycles. The molecule has 1 aromatic carbocycles. The molecule has 0 fully saturated rings. The van der Waals surface area contributed by atoms with Crippen molar-refractivity contribution in [1.29, 1.82) is 0 Å². The van der Waals surface area contributed by atoms with Gasteiger partial charge in [0.15, 0.2) is 0 Å². The summed E-state index contributed by atoms with van der Waals surface area (Å²) >= 11 is 3.49. The standard InChI is InChI=1S/C13H20BrNO/c1-4-10(3)15(5-2)12-7-6-11(9-16)13(14)8-12/h6-8,10,16H,4-5,9H2,1-3H3. The summed E-state index contributed by atoms with van der Waals surface area (Å²) in [5.41, 5.74) is 2.14. The molecule has 90 valence electrons. The smallest absolute Gasteiger partial charge is 0.0692 e. The van der Waals surface area contributed by atoms with Gasteiger partial charge in [-0.2, -0.15) is 0 Å². The lowest BCUT2D eigenvalue weighted by Crippen LogP contribution is -2.32. The number of aliphatic hydroxyl groups excluding tert-OH is 1.